The van der Waals surface area contributed by atoms with Gasteiger partial charge >= 0.3 is 0 Å². The van der Waals surface area contributed by atoms with E-state index in [0.29, 0.717) is 18.1 Å². The number of hydrogen-bond donors (Lipinski definition) is 2. The Morgan fingerprint density at radius 1 is 1.41 bits per heavy atom. The molecule has 3 aromatic heterocycles. The quantitative estimate of drug-likeness (QED) is 0.740. The molecule has 3 heterocycles. The van der Waals surface area contributed by atoms with Crippen LogP contribution in [-0.2, 0) is 11.2 Å². The monoisotopic (exact) mass is 358 g/mol. The maximum absolute atomic E-state index is 12.2. The van der Waals surface area contributed by atoms with Gasteiger partial charge in [-0.25, -0.2) is 9.97 Å². The molecule has 1 saturated carbocycles. The Morgan fingerprint density at radius 2 is 2.26 bits per heavy atom. The fraction of sp³-hybridized carbons (Fsp3) is 0.250. The third-order valence-corrected chi connectivity index (χ3v) is 4.86. The molecule has 0 aromatic carbocycles. The molecule has 4 rings (SSSR count). The number of nitrogens with one attached hydrogen (secondary N) is 1. The summed E-state index contributed by atoms with van der Waals surface area (Å²) in [6.07, 6.45) is 6.62. The molecule has 3 N–H and O–H groups in total. The van der Waals surface area contributed by atoms with E-state index < -0.39 is 0 Å². The number of nitriles is 1. The molecule has 7 heteroatoms. The van der Waals surface area contributed by atoms with Gasteiger partial charge in [-0.3, -0.25) is 9.78 Å². The minimum Gasteiger partial charge on any atom is -0.383 e. The summed E-state index contributed by atoms with van der Waals surface area (Å²) in [7, 11) is 0. The first-order valence-electron chi connectivity index (χ1n) is 8.80. The Morgan fingerprint density at radius 3 is 3.00 bits per heavy atom. The summed E-state index contributed by atoms with van der Waals surface area (Å²) in [6, 6.07) is 7.79. The number of nitrogens with zero attached hydrogens (tertiary/aromatic N) is 4. The van der Waals surface area contributed by atoms with Crippen LogP contribution in [0.2, 0.25) is 0 Å². The number of amides is 1. The zero-order chi connectivity index (χ0) is 19.0. The smallest absolute Gasteiger partial charge is 0.230 e. The minimum atomic E-state index is -0.243. The summed E-state index contributed by atoms with van der Waals surface area (Å²) in [5.41, 5.74) is 8.94. The van der Waals surface area contributed by atoms with E-state index in [4.69, 9.17) is 11.0 Å². The van der Waals surface area contributed by atoms with E-state index in [2.05, 4.69) is 33.3 Å². The van der Waals surface area contributed by atoms with Gasteiger partial charge in [0.1, 0.15) is 11.6 Å². The molecule has 27 heavy (non-hydrogen) atoms. The van der Waals surface area contributed by atoms with E-state index in [0.717, 1.165) is 34.0 Å². The normalized spacial score (nSPS) is 18.1. The summed E-state index contributed by atoms with van der Waals surface area (Å²) >= 11 is 0. The van der Waals surface area contributed by atoms with Crippen molar-refractivity contribution in [1.82, 2.24) is 15.0 Å². The molecule has 1 unspecified atom stereocenters. The number of aryl methyl sites for hydroxylation is 1. The predicted octanol–water partition coefficient (Wildman–Crippen LogP) is 2.93. The number of rotatable bonds is 4. The molecule has 0 spiro atoms. The van der Waals surface area contributed by atoms with E-state index in [1.807, 2.05) is 12.1 Å². The molecule has 1 fully saturated rings. The van der Waals surface area contributed by atoms with Crippen molar-refractivity contribution in [3.63, 3.8) is 0 Å². The van der Waals surface area contributed by atoms with Gasteiger partial charge in [0.25, 0.3) is 0 Å². The van der Waals surface area contributed by atoms with Gasteiger partial charge in [0.15, 0.2) is 0 Å². The fourth-order valence-corrected chi connectivity index (χ4v) is 3.19. The largest absolute Gasteiger partial charge is 0.383 e. The molecule has 134 valence electrons. The fourth-order valence-electron chi connectivity index (χ4n) is 3.19. The van der Waals surface area contributed by atoms with Crippen LogP contribution in [0.25, 0.3) is 22.0 Å². The van der Waals surface area contributed by atoms with Crippen molar-refractivity contribution < 1.29 is 4.79 Å². The maximum atomic E-state index is 12.2. The summed E-state index contributed by atoms with van der Waals surface area (Å²) in [5, 5.41) is 13.2. The van der Waals surface area contributed by atoms with Crippen molar-refractivity contribution in [3.05, 3.63) is 42.4 Å². The van der Waals surface area contributed by atoms with Crippen LogP contribution < -0.4 is 11.1 Å². The summed E-state index contributed by atoms with van der Waals surface area (Å²) in [6.45, 7) is 2.08. The average Bonchev–Trinajstić information content (AvgIpc) is 3.47. The summed E-state index contributed by atoms with van der Waals surface area (Å²) < 4.78 is 0. The van der Waals surface area contributed by atoms with Gasteiger partial charge in [-0.1, -0.05) is 6.92 Å². The standard InChI is InChI=1S/C20H18N6O/c1-2-11-3-4-23-9-15(11)17-6-12-7-18(24-10-16(12)19(22)25-17)26-20(27)14-5-13(14)8-21/h3-4,6-7,9-10,13-14H,2,5H2,1H3,(H2,22,25)(H,24,26,27)/t13?,14-/m0/s1. The second-order valence-corrected chi connectivity index (χ2v) is 6.64. The van der Waals surface area contributed by atoms with Crippen LogP contribution in [0.1, 0.15) is 18.9 Å². The lowest BCUT2D eigenvalue weighted by Crippen LogP contribution is -2.15. The van der Waals surface area contributed by atoms with Gasteiger partial charge < -0.3 is 11.1 Å². The Hall–Kier alpha value is -3.53. The molecule has 0 bridgehead atoms. The highest BCUT2D eigenvalue weighted by Crippen LogP contribution is 2.38. The third kappa shape index (κ3) is 3.17. The highest BCUT2D eigenvalue weighted by molar-refractivity contribution is 5.98. The Kier molecular flexibility index (Phi) is 4.16. The number of nitrogens with two attached hydrogens (primary N) is 1. The molecule has 2 atom stereocenters. The van der Waals surface area contributed by atoms with Crippen LogP contribution in [0.15, 0.2) is 36.8 Å². The number of hydrogen-bond acceptors (Lipinski definition) is 6. The molecule has 0 saturated heterocycles. The zero-order valence-corrected chi connectivity index (χ0v) is 14.8. The summed E-state index contributed by atoms with van der Waals surface area (Å²) in [5.74, 6) is 0.222. The van der Waals surface area contributed by atoms with Crippen molar-refractivity contribution >= 4 is 28.3 Å². The Labute approximate surface area is 156 Å². The van der Waals surface area contributed by atoms with E-state index in [-0.39, 0.29) is 17.7 Å². The predicted molar refractivity (Wildman–Crippen MR) is 102 cm³/mol. The first kappa shape index (κ1) is 16.9. The molecular formula is C20H18N6O. The molecule has 1 aliphatic carbocycles. The summed E-state index contributed by atoms with van der Waals surface area (Å²) in [4.78, 5) is 25.1. The number of aromatic nitrogens is 3. The number of pyridine rings is 3. The SMILES string of the molecule is CCc1ccncc1-c1cc2cc(NC(=O)[C@H]3CC3C#N)ncc2c(N)n1. The molecule has 1 aliphatic rings. The van der Waals surface area contributed by atoms with E-state index >= 15 is 0 Å². The van der Waals surface area contributed by atoms with Gasteiger partial charge in [0.05, 0.1) is 23.6 Å². The van der Waals surface area contributed by atoms with Crippen LogP contribution in [0.3, 0.4) is 0 Å². The van der Waals surface area contributed by atoms with E-state index in [9.17, 15) is 4.79 Å². The highest BCUT2D eigenvalue weighted by Gasteiger charge is 2.43. The number of fused-ring (bicyclic) bond motifs is 1. The van der Waals surface area contributed by atoms with Gasteiger partial charge in [-0.15, -0.1) is 0 Å². The third-order valence-electron chi connectivity index (χ3n) is 4.86. The average molecular weight is 358 g/mol. The van der Waals surface area contributed by atoms with Crippen molar-refractivity contribution in [2.75, 3.05) is 11.1 Å². The van der Waals surface area contributed by atoms with Gasteiger partial charge in [-0.2, -0.15) is 5.26 Å². The zero-order valence-electron chi connectivity index (χ0n) is 14.8. The van der Waals surface area contributed by atoms with Crippen molar-refractivity contribution in [3.8, 4) is 17.3 Å². The van der Waals surface area contributed by atoms with E-state index in [1.54, 1.807) is 24.7 Å². The minimum absolute atomic E-state index is 0.170. The number of carbonyl (C=O) groups is 1. The first-order chi connectivity index (χ1) is 13.1. The van der Waals surface area contributed by atoms with Gasteiger partial charge in [0, 0.05) is 29.5 Å². The van der Waals surface area contributed by atoms with Crippen LogP contribution >= 0.6 is 0 Å². The Bertz CT molecular complexity index is 1090. The highest BCUT2D eigenvalue weighted by atomic mass is 16.2. The van der Waals surface area contributed by atoms with Crippen LogP contribution in [0, 0.1) is 23.2 Å². The topological polar surface area (TPSA) is 118 Å². The maximum Gasteiger partial charge on any atom is 0.230 e. The Balaban J connectivity index is 1.70. The van der Waals surface area contributed by atoms with E-state index in [1.165, 1.54) is 0 Å². The lowest BCUT2D eigenvalue weighted by atomic mass is 10.0. The van der Waals surface area contributed by atoms with Gasteiger partial charge in [-0.05, 0) is 42.0 Å². The molecular weight excluding hydrogens is 340 g/mol. The van der Waals surface area contributed by atoms with Crippen molar-refractivity contribution in [1.29, 1.82) is 5.26 Å². The molecule has 1 amide bonds. The van der Waals surface area contributed by atoms with Crippen LogP contribution in [-0.4, -0.2) is 20.9 Å². The number of nitrogen functional groups attached to an aromatic ring is 1. The lowest BCUT2D eigenvalue weighted by molar-refractivity contribution is -0.117. The first-order valence-corrected chi connectivity index (χ1v) is 8.80. The molecule has 0 aliphatic heterocycles. The van der Waals surface area contributed by atoms with Crippen molar-refractivity contribution in [2.45, 2.75) is 19.8 Å². The van der Waals surface area contributed by atoms with Crippen LogP contribution in [0.5, 0.6) is 0 Å². The molecule has 0 radical (unpaired) electrons. The van der Waals surface area contributed by atoms with Crippen LogP contribution in [0.4, 0.5) is 11.6 Å². The lowest BCUT2D eigenvalue weighted by Gasteiger charge is -2.10. The second kappa shape index (κ2) is 6.65. The van der Waals surface area contributed by atoms with Crippen molar-refractivity contribution in [2.24, 2.45) is 11.8 Å². The number of carbonyl (C=O) groups excluding carboxylic acids is 1. The van der Waals surface area contributed by atoms with Gasteiger partial charge in [0.2, 0.25) is 5.91 Å². The molecule has 3 aromatic rings. The number of anilines is 2. The second-order valence-electron chi connectivity index (χ2n) is 6.64. The molecule has 7 nitrogen and oxygen atoms in total.